The van der Waals surface area contributed by atoms with Crippen LogP contribution in [0.3, 0.4) is 0 Å². The number of carbonyl (C=O) groups excluding carboxylic acids is 1. The lowest BCUT2D eigenvalue weighted by Gasteiger charge is -2.12. The highest BCUT2D eigenvalue weighted by Crippen LogP contribution is 2.51. The highest BCUT2D eigenvalue weighted by molar-refractivity contribution is 6.30. The van der Waals surface area contributed by atoms with Crippen molar-refractivity contribution in [2.45, 2.75) is 37.6 Å². The summed E-state index contributed by atoms with van der Waals surface area (Å²) in [5.41, 5.74) is 4.14. The third-order valence-electron chi connectivity index (χ3n) is 6.99. The summed E-state index contributed by atoms with van der Waals surface area (Å²) in [6.45, 7) is 1.43. The van der Waals surface area contributed by atoms with Crippen molar-refractivity contribution in [2.24, 2.45) is 5.92 Å². The Morgan fingerprint density at radius 1 is 1.11 bits per heavy atom. The number of benzene rings is 1. The second-order valence-electron chi connectivity index (χ2n) is 9.84. The van der Waals surface area contributed by atoms with Crippen molar-refractivity contribution in [3.8, 4) is 5.75 Å². The zero-order valence-corrected chi connectivity index (χ0v) is 21.8. The van der Waals surface area contributed by atoms with Gasteiger partial charge in [-0.05, 0) is 66.5 Å². The molecule has 2 N–H and O–H groups in total. The standard InChI is InChI=1S/C28H29ClN6O3/c1-37-8-9-38-24-6-5-19(29)10-22(24)21-11-23(21)28(36)34-26-12-25(31-16-32-26)30-13-20-15-35-14-18(17-2-3-17)4-7-27(35)33-20/h4-7,10,12,14-17,21,23H,2-3,8-9,11,13H2,1H3,(H2,30,31,32,34,36)/t21-,23+/m1/s1. The average Bonchev–Trinajstić information content (AvgIpc) is 3.85. The van der Waals surface area contributed by atoms with Gasteiger partial charge in [0, 0.05) is 36.5 Å². The molecule has 2 aliphatic carbocycles. The van der Waals surface area contributed by atoms with Gasteiger partial charge in [0.25, 0.3) is 0 Å². The molecule has 10 heteroatoms. The van der Waals surface area contributed by atoms with Crippen LogP contribution < -0.4 is 15.4 Å². The molecule has 2 aliphatic rings. The van der Waals surface area contributed by atoms with Crippen molar-refractivity contribution in [3.05, 3.63) is 77.0 Å². The number of hydrogen-bond acceptors (Lipinski definition) is 7. The van der Waals surface area contributed by atoms with Crippen molar-refractivity contribution in [3.63, 3.8) is 0 Å². The lowest BCUT2D eigenvalue weighted by molar-refractivity contribution is -0.117. The second-order valence-corrected chi connectivity index (χ2v) is 10.3. The molecule has 0 bridgehead atoms. The second kappa shape index (κ2) is 10.6. The number of halogens is 1. The van der Waals surface area contributed by atoms with E-state index in [-0.39, 0.29) is 17.7 Å². The monoisotopic (exact) mass is 532 g/mol. The number of rotatable bonds is 11. The molecule has 0 spiro atoms. The van der Waals surface area contributed by atoms with E-state index in [1.54, 1.807) is 19.2 Å². The van der Waals surface area contributed by atoms with Crippen molar-refractivity contribution in [2.75, 3.05) is 31.0 Å². The summed E-state index contributed by atoms with van der Waals surface area (Å²) in [5.74, 6) is 2.27. The van der Waals surface area contributed by atoms with Crippen LogP contribution in [0.2, 0.25) is 5.02 Å². The molecule has 2 fully saturated rings. The van der Waals surface area contributed by atoms with E-state index in [0.29, 0.717) is 42.3 Å². The molecule has 2 atom stereocenters. The maximum absolute atomic E-state index is 13.0. The molecule has 6 rings (SSSR count). The highest BCUT2D eigenvalue weighted by atomic mass is 35.5. The molecule has 3 heterocycles. The van der Waals surface area contributed by atoms with E-state index in [1.807, 2.05) is 18.3 Å². The van der Waals surface area contributed by atoms with Crippen LogP contribution in [0.4, 0.5) is 11.6 Å². The van der Waals surface area contributed by atoms with Gasteiger partial charge in [0.15, 0.2) is 0 Å². The number of nitrogens with one attached hydrogen (secondary N) is 2. The number of hydrogen-bond donors (Lipinski definition) is 2. The van der Waals surface area contributed by atoms with Gasteiger partial charge in [-0.1, -0.05) is 17.7 Å². The SMILES string of the molecule is COCCOc1ccc(Cl)cc1[C@H]1C[C@@H]1C(=O)Nc1cc(NCc2cn3cc(C4CC4)ccc3n2)ncn1. The first-order valence-electron chi connectivity index (χ1n) is 12.8. The van der Waals surface area contributed by atoms with Gasteiger partial charge in [0.2, 0.25) is 5.91 Å². The van der Waals surface area contributed by atoms with Crippen LogP contribution in [0.25, 0.3) is 5.65 Å². The van der Waals surface area contributed by atoms with Crippen molar-refractivity contribution in [1.82, 2.24) is 19.4 Å². The number of nitrogens with zero attached hydrogens (tertiary/aromatic N) is 4. The number of carbonyl (C=O) groups is 1. The van der Waals surface area contributed by atoms with Crippen LogP contribution in [0.15, 0.2) is 55.1 Å². The van der Waals surface area contributed by atoms with E-state index in [2.05, 4.69) is 48.3 Å². The highest BCUT2D eigenvalue weighted by Gasteiger charge is 2.45. The fourth-order valence-electron chi connectivity index (χ4n) is 4.73. The summed E-state index contributed by atoms with van der Waals surface area (Å²) in [5, 5.41) is 6.83. The molecular formula is C28H29ClN6O3. The van der Waals surface area contributed by atoms with E-state index in [1.165, 1.54) is 24.7 Å². The molecular weight excluding hydrogens is 504 g/mol. The first kappa shape index (κ1) is 24.6. The first-order valence-corrected chi connectivity index (χ1v) is 13.2. The number of imidazole rings is 1. The number of aromatic nitrogens is 4. The lowest BCUT2D eigenvalue weighted by atomic mass is 10.1. The molecule has 2 saturated carbocycles. The van der Waals surface area contributed by atoms with Crippen LogP contribution in [0.5, 0.6) is 5.75 Å². The fraction of sp³-hybridized carbons (Fsp3) is 0.357. The van der Waals surface area contributed by atoms with E-state index in [4.69, 9.17) is 21.1 Å². The minimum atomic E-state index is -0.178. The van der Waals surface area contributed by atoms with Gasteiger partial charge in [-0.15, -0.1) is 0 Å². The number of anilines is 2. The van der Waals surface area contributed by atoms with E-state index in [0.717, 1.165) is 29.1 Å². The molecule has 196 valence electrons. The predicted molar refractivity (Wildman–Crippen MR) is 145 cm³/mol. The molecule has 9 nitrogen and oxygen atoms in total. The third kappa shape index (κ3) is 5.58. The number of fused-ring (bicyclic) bond motifs is 1. The van der Waals surface area contributed by atoms with Gasteiger partial charge in [-0.2, -0.15) is 0 Å². The Hall–Kier alpha value is -3.69. The minimum Gasteiger partial charge on any atom is -0.491 e. The lowest BCUT2D eigenvalue weighted by Crippen LogP contribution is -2.16. The van der Waals surface area contributed by atoms with Gasteiger partial charge < -0.3 is 24.5 Å². The van der Waals surface area contributed by atoms with Crippen molar-refractivity contribution < 1.29 is 14.3 Å². The predicted octanol–water partition coefficient (Wildman–Crippen LogP) is 5.03. The Balaban J connectivity index is 1.06. The number of pyridine rings is 1. The van der Waals surface area contributed by atoms with Crippen LogP contribution in [-0.4, -0.2) is 45.6 Å². The maximum Gasteiger partial charge on any atom is 0.229 e. The van der Waals surface area contributed by atoms with Gasteiger partial charge >= 0.3 is 0 Å². The fourth-order valence-corrected chi connectivity index (χ4v) is 4.91. The van der Waals surface area contributed by atoms with Crippen LogP contribution in [0.1, 0.15) is 47.9 Å². The Labute approximate surface area is 225 Å². The summed E-state index contributed by atoms with van der Waals surface area (Å²) < 4.78 is 13.0. The van der Waals surface area contributed by atoms with Gasteiger partial charge in [-0.3, -0.25) is 4.79 Å². The third-order valence-corrected chi connectivity index (χ3v) is 7.22. The van der Waals surface area contributed by atoms with Crippen LogP contribution >= 0.6 is 11.6 Å². The van der Waals surface area contributed by atoms with E-state index in [9.17, 15) is 4.79 Å². The van der Waals surface area contributed by atoms with E-state index < -0.39 is 0 Å². The Morgan fingerprint density at radius 3 is 2.82 bits per heavy atom. The Bertz CT molecular complexity index is 1470. The molecule has 0 aliphatic heterocycles. The molecule has 0 radical (unpaired) electrons. The molecule has 3 aromatic heterocycles. The van der Waals surface area contributed by atoms with Gasteiger partial charge in [0.1, 0.15) is 36.0 Å². The largest absolute Gasteiger partial charge is 0.491 e. The summed E-state index contributed by atoms with van der Waals surface area (Å²) in [7, 11) is 1.63. The average molecular weight is 533 g/mol. The summed E-state index contributed by atoms with van der Waals surface area (Å²) in [4.78, 5) is 26.2. The quantitative estimate of drug-likeness (QED) is 0.261. The smallest absolute Gasteiger partial charge is 0.229 e. The molecule has 0 saturated heterocycles. The van der Waals surface area contributed by atoms with Crippen LogP contribution in [0, 0.1) is 5.92 Å². The normalized spacial score (nSPS) is 18.4. The number of amides is 1. The van der Waals surface area contributed by atoms with Gasteiger partial charge in [0.05, 0.1) is 18.8 Å². The molecule has 4 aromatic rings. The van der Waals surface area contributed by atoms with Crippen LogP contribution in [-0.2, 0) is 16.1 Å². The topological polar surface area (TPSA) is 103 Å². The van der Waals surface area contributed by atoms with E-state index >= 15 is 0 Å². The summed E-state index contributed by atoms with van der Waals surface area (Å²) in [6, 6.07) is 11.5. The molecule has 0 unspecified atom stereocenters. The molecule has 38 heavy (non-hydrogen) atoms. The summed E-state index contributed by atoms with van der Waals surface area (Å²) in [6.07, 6.45) is 8.91. The zero-order chi connectivity index (χ0) is 26.1. The Morgan fingerprint density at radius 2 is 1.97 bits per heavy atom. The van der Waals surface area contributed by atoms with Crippen molar-refractivity contribution in [1.29, 1.82) is 0 Å². The molecule has 1 amide bonds. The van der Waals surface area contributed by atoms with Crippen molar-refractivity contribution >= 4 is 34.8 Å². The maximum atomic E-state index is 13.0. The summed E-state index contributed by atoms with van der Waals surface area (Å²) >= 11 is 6.23. The number of methoxy groups -OCH3 is 1. The zero-order valence-electron chi connectivity index (χ0n) is 21.1. The molecule has 1 aromatic carbocycles. The first-order chi connectivity index (χ1) is 18.6. The van der Waals surface area contributed by atoms with Gasteiger partial charge in [-0.25, -0.2) is 15.0 Å². The Kier molecular flexibility index (Phi) is 6.86. The number of ether oxygens (including phenoxy) is 2. The minimum absolute atomic E-state index is 0.0427.